The molecule has 252 valence electrons. The summed E-state index contributed by atoms with van der Waals surface area (Å²) in [7, 11) is 0. The predicted octanol–water partition coefficient (Wildman–Crippen LogP) is 13.0. The van der Waals surface area contributed by atoms with Crippen molar-refractivity contribution in [3.8, 4) is 22.6 Å². The van der Waals surface area contributed by atoms with E-state index in [4.69, 9.17) is 4.74 Å². The first-order valence-corrected chi connectivity index (χ1v) is 19.2. The Morgan fingerprint density at radius 2 is 1.20 bits per heavy atom. The summed E-state index contributed by atoms with van der Waals surface area (Å²) >= 11 is 0. The maximum Gasteiger partial charge on any atom is 0.133 e. The number of ether oxygens (including phenoxy) is 1. The maximum atomic E-state index is 7.19. The lowest BCUT2D eigenvalue weighted by Crippen LogP contribution is -2.57. The van der Waals surface area contributed by atoms with Crippen LogP contribution in [0.2, 0.25) is 0 Å². The second-order valence-electron chi connectivity index (χ2n) is 17.6. The number of nitrogens with zero attached hydrogens (tertiary/aromatic N) is 1. The van der Waals surface area contributed by atoms with E-state index in [0.717, 1.165) is 23.3 Å². The summed E-state index contributed by atoms with van der Waals surface area (Å²) in [6.07, 6.45) is 9.18. The standard InChI is InChI=1S/C48H49NO/c1-46(2)23-24-47(3,4)45-40(46)18-12-19-41(45)49(36-15-9-6-10-16-36)37-21-22-39-43(30-37)50-42-20-11-17-38(33-13-7-5-8-14-33)44(42)48(39)34-26-31-25-32(28-34)29-35(48)27-31/h5-22,30-32,34-35H,23-29H2,1-4H3. The molecule has 5 aromatic carbocycles. The van der Waals surface area contributed by atoms with Gasteiger partial charge in [0.05, 0.1) is 5.69 Å². The maximum absolute atomic E-state index is 7.19. The third kappa shape index (κ3) is 4.33. The Hall–Kier alpha value is -4.30. The molecule has 5 aromatic rings. The molecule has 1 aliphatic heterocycles. The third-order valence-electron chi connectivity index (χ3n) is 13.9. The van der Waals surface area contributed by atoms with Crippen LogP contribution in [0.4, 0.5) is 17.1 Å². The van der Waals surface area contributed by atoms with Crippen molar-refractivity contribution in [3.05, 3.63) is 138 Å². The molecule has 0 saturated heterocycles. The van der Waals surface area contributed by atoms with Crippen molar-refractivity contribution < 1.29 is 4.74 Å². The Bertz CT molecular complexity index is 2080. The second-order valence-corrected chi connectivity index (χ2v) is 17.6. The SMILES string of the molecule is CC1(C)CCC(C)(C)c2c(N(c3ccccc3)c3ccc4c(c3)Oc3cccc(-c5ccccc5)c3C43C4CC5CC(C4)CC3C5)cccc21. The van der Waals surface area contributed by atoms with Crippen molar-refractivity contribution in [2.24, 2.45) is 23.7 Å². The van der Waals surface area contributed by atoms with Crippen molar-refractivity contribution in [2.75, 3.05) is 4.90 Å². The van der Waals surface area contributed by atoms with Crippen molar-refractivity contribution in [1.29, 1.82) is 0 Å². The molecule has 0 amide bonds. The van der Waals surface area contributed by atoms with Gasteiger partial charge in [0.25, 0.3) is 0 Å². The molecule has 4 saturated carbocycles. The van der Waals surface area contributed by atoms with Crippen LogP contribution in [0.25, 0.3) is 11.1 Å². The zero-order chi connectivity index (χ0) is 33.8. The summed E-state index contributed by atoms with van der Waals surface area (Å²) in [5.41, 5.74) is 12.3. The van der Waals surface area contributed by atoms with E-state index in [1.54, 1.807) is 0 Å². The van der Waals surface area contributed by atoms with Gasteiger partial charge in [-0.15, -0.1) is 0 Å². The Morgan fingerprint density at radius 1 is 0.540 bits per heavy atom. The highest BCUT2D eigenvalue weighted by Gasteiger charge is 2.62. The van der Waals surface area contributed by atoms with Gasteiger partial charge in [0, 0.05) is 34.0 Å². The van der Waals surface area contributed by atoms with Crippen LogP contribution in [0.1, 0.15) is 94.9 Å². The minimum atomic E-state index is -0.0309. The largest absolute Gasteiger partial charge is 0.457 e. The van der Waals surface area contributed by atoms with E-state index in [2.05, 4.69) is 148 Å². The number of para-hydroxylation sites is 1. The van der Waals surface area contributed by atoms with Crippen LogP contribution in [0.5, 0.6) is 11.5 Å². The van der Waals surface area contributed by atoms with E-state index in [-0.39, 0.29) is 16.2 Å². The molecule has 1 heterocycles. The first-order chi connectivity index (χ1) is 24.2. The molecule has 0 unspecified atom stereocenters. The van der Waals surface area contributed by atoms with Crippen molar-refractivity contribution in [1.82, 2.24) is 0 Å². The summed E-state index contributed by atoms with van der Waals surface area (Å²) in [5.74, 6) is 5.17. The van der Waals surface area contributed by atoms with E-state index in [1.165, 1.54) is 95.4 Å². The lowest BCUT2D eigenvalue weighted by Gasteiger charge is -2.63. The molecule has 2 heteroatoms. The summed E-state index contributed by atoms with van der Waals surface area (Å²) in [4.78, 5) is 2.52. The summed E-state index contributed by atoms with van der Waals surface area (Å²) in [5, 5.41) is 0. The van der Waals surface area contributed by atoms with Crippen molar-refractivity contribution in [3.63, 3.8) is 0 Å². The molecule has 4 bridgehead atoms. The molecular formula is C48H49NO. The Balaban J connectivity index is 1.20. The molecule has 0 aromatic heterocycles. The molecule has 6 aliphatic rings. The van der Waals surface area contributed by atoms with Crippen LogP contribution in [-0.2, 0) is 16.2 Å². The zero-order valence-electron chi connectivity index (χ0n) is 30.1. The first-order valence-electron chi connectivity index (χ1n) is 19.2. The van der Waals surface area contributed by atoms with Crippen LogP contribution in [0.3, 0.4) is 0 Å². The van der Waals surface area contributed by atoms with Gasteiger partial charge in [0.15, 0.2) is 0 Å². The smallest absolute Gasteiger partial charge is 0.133 e. The minimum absolute atomic E-state index is 0.0309. The van der Waals surface area contributed by atoms with Crippen LogP contribution >= 0.6 is 0 Å². The van der Waals surface area contributed by atoms with Gasteiger partial charge in [0.1, 0.15) is 11.5 Å². The number of fused-ring (bicyclic) bond motifs is 3. The molecule has 4 fully saturated rings. The fourth-order valence-electron chi connectivity index (χ4n) is 11.9. The number of anilines is 3. The van der Waals surface area contributed by atoms with Gasteiger partial charge in [0.2, 0.25) is 0 Å². The minimum Gasteiger partial charge on any atom is -0.457 e. The van der Waals surface area contributed by atoms with Gasteiger partial charge in [-0.25, -0.2) is 0 Å². The average Bonchev–Trinajstić information content (AvgIpc) is 3.12. The number of benzene rings is 5. The van der Waals surface area contributed by atoms with Crippen molar-refractivity contribution >= 4 is 17.1 Å². The van der Waals surface area contributed by atoms with Gasteiger partial charge < -0.3 is 9.64 Å². The van der Waals surface area contributed by atoms with E-state index in [1.807, 2.05) is 0 Å². The lowest BCUT2D eigenvalue weighted by atomic mass is 9.41. The summed E-state index contributed by atoms with van der Waals surface area (Å²) < 4.78 is 7.19. The fourth-order valence-corrected chi connectivity index (χ4v) is 11.9. The average molecular weight is 656 g/mol. The van der Waals surface area contributed by atoms with E-state index in [0.29, 0.717) is 11.8 Å². The molecule has 2 nitrogen and oxygen atoms in total. The van der Waals surface area contributed by atoms with Crippen LogP contribution in [0.15, 0.2) is 115 Å². The van der Waals surface area contributed by atoms with E-state index in [9.17, 15) is 0 Å². The van der Waals surface area contributed by atoms with E-state index >= 15 is 0 Å². The highest BCUT2D eigenvalue weighted by molar-refractivity contribution is 5.83. The Kier molecular flexibility index (Phi) is 6.62. The molecule has 50 heavy (non-hydrogen) atoms. The number of hydrogen-bond donors (Lipinski definition) is 0. The van der Waals surface area contributed by atoms with Gasteiger partial charge in [-0.1, -0.05) is 107 Å². The Morgan fingerprint density at radius 3 is 1.92 bits per heavy atom. The molecule has 0 N–H and O–H groups in total. The van der Waals surface area contributed by atoms with Crippen LogP contribution in [0, 0.1) is 23.7 Å². The van der Waals surface area contributed by atoms with Crippen LogP contribution in [-0.4, -0.2) is 0 Å². The molecule has 0 atom stereocenters. The number of rotatable bonds is 4. The number of hydrogen-bond acceptors (Lipinski definition) is 2. The molecular weight excluding hydrogens is 607 g/mol. The topological polar surface area (TPSA) is 12.5 Å². The van der Waals surface area contributed by atoms with Gasteiger partial charge in [-0.2, -0.15) is 0 Å². The molecule has 0 radical (unpaired) electrons. The third-order valence-corrected chi connectivity index (χ3v) is 13.9. The quantitative estimate of drug-likeness (QED) is 0.191. The van der Waals surface area contributed by atoms with E-state index < -0.39 is 0 Å². The fraction of sp³-hybridized carbons (Fsp3) is 0.375. The van der Waals surface area contributed by atoms with Gasteiger partial charge in [-0.3, -0.25) is 0 Å². The summed E-state index contributed by atoms with van der Waals surface area (Å²) in [6, 6.07) is 43.3. The van der Waals surface area contributed by atoms with Crippen LogP contribution < -0.4 is 9.64 Å². The molecule has 1 spiro atoms. The van der Waals surface area contributed by atoms with Gasteiger partial charge in [-0.05, 0) is 132 Å². The molecule has 5 aliphatic carbocycles. The van der Waals surface area contributed by atoms with Crippen molar-refractivity contribution in [2.45, 2.75) is 88.9 Å². The highest BCUT2D eigenvalue weighted by Crippen LogP contribution is 2.70. The Labute approximate surface area is 298 Å². The molecule has 11 rings (SSSR count). The normalized spacial score (nSPS) is 27.6. The monoisotopic (exact) mass is 655 g/mol. The zero-order valence-corrected chi connectivity index (χ0v) is 30.1. The first kappa shape index (κ1) is 30.5. The highest BCUT2D eigenvalue weighted by atomic mass is 16.5. The second kappa shape index (κ2) is 10.8. The predicted molar refractivity (Wildman–Crippen MR) is 206 cm³/mol. The lowest BCUT2D eigenvalue weighted by molar-refractivity contribution is -0.0449. The van der Waals surface area contributed by atoms with Gasteiger partial charge >= 0.3 is 0 Å². The summed E-state index contributed by atoms with van der Waals surface area (Å²) in [6.45, 7) is 9.74.